The van der Waals surface area contributed by atoms with Gasteiger partial charge in [-0.15, -0.1) is 0 Å². The predicted molar refractivity (Wildman–Crippen MR) is 45.5 cm³/mol. The SMILES string of the molecule is C[C@]1(O)O[C@@H](C#N)c2ccccc21. The molecular formula is C10H9NO2. The zero-order valence-corrected chi connectivity index (χ0v) is 7.19. The molecular weight excluding hydrogens is 166 g/mol. The van der Waals surface area contributed by atoms with Gasteiger partial charge in [-0.1, -0.05) is 24.3 Å². The molecule has 0 unspecified atom stereocenters. The summed E-state index contributed by atoms with van der Waals surface area (Å²) in [5.74, 6) is -1.32. The summed E-state index contributed by atoms with van der Waals surface area (Å²) in [5.41, 5.74) is 1.44. The van der Waals surface area contributed by atoms with Crippen LogP contribution in [0.5, 0.6) is 0 Å². The summed E-state index contributed by atoms with van der Waals surface area (Å²) < 4.78 is 5.16. The number of benzene rings is 1. The van der Waals surface area contributed by atoms with Crippen molar-refractivity contribution in [1.29, 1.82) is 5.26 Å². The summed E-state index contributed by atoms with van der Waals surface area (Å²) in [4.78, 5) is 0. The van der Waals surface area contributed by atoms with Crippen LogP contribution in [0.15, 0.2) is 24.3 Å². The maximum Gasteiger partial charge on any atom is 0.191 e. The highest BCUT2D eigenvalue weighted by Crippen LogP contribution is 2.40. The quantitative estimate of drug-likeness (QED) is 0.649. The minimum absolute atomic E-state index is 0.647. The third-order valence-corrected chi connectivity index (χ3v) is 2.21. The number of nitrogens with zero attached hydrogens (tertiary/aromatic N) is 1. The minimum atomic E-state index is -1.32. The fraction of sp³-hybridized carbons (Fsp3) is 0.300. The van der Waals surface area contributed by atoms with Gasteiger partial charge in [0.1, 0.15) is 0 Å². The fourth-order valence-corrected chi connectivity index (χ4v) is 1.60. The summed E-state index contributed by atoms with van der Waals surface area (Å²) in [6.45, 7) is 1.54. The van der Waals surface area contributed by atoms with Gasteiger partial charge in [0.15, 0.2) is 11.9 Å². The van der Waals surface area contributed by atoms with Gasteiger partial charge in [0.2, 0.25) is 0 Å². The molecule has 1 aliphatic rings. The van der Waals surface area contributed by atoms with E-state index in [0.717, 1.165) is 5.56 Å². The highest BCUT2D eigenvalue weighted by atomic mass is 16.6. The van der Waals surface area contributed by atoms with Crippen molar-refractivity contribution in [2.45, 2.75) is 18.8 Å². The number of fused-ring (bicyclic) bond motifs is 1. The zero-order chi connectivity index (χ0) is 9.47. The first kappa shape index (κ1) is 8.24. The highest BCUT2D eigenvalue weighted by molar-refractivity contribution is 5.38. The second-order valence-electron chi connectivity index (χ2n) is 3.20. The van der Waals surface area contributed by atoms with Crippen LogP contribution in [-0.4, -0.2) is 5.11 Å². The summed E-state index contributed by atoms with van der Waals surface area (Å²) >= 11 is 0. The topological polar surface area (TPSA) is 53.2 Å². The Labute approximate surface area is 76.2 Å². The molecule has 1 aromatic carbocycles. The smallest absolute Gasteiger partial charge is 0.191 e. The van der Waals surface area contributed by atoms with E-state index < -0.39 is 11.9 Å². The molecule has 0 aliphatic carbocycles. The minimum Gasteiger partial charge on any atom is -0.362 e. The normalized spacial score (nSPS) is 31.0. The second-order valence-corrected chi connectivity index (χ2v) is 3.20. The maximum absolute atomic E-state index is 9.77. The Balaban J connectivity index is 2.58. The van der Waals surface area contributed by atoms with Crippen LogP contribution in [0, 0.1) is 11.3 Å². The van der Waals surface area contributed by atoms with E-state index in [1.165, 1.54) is 0 Å². The number of nitriles is 1. The van der Waals surface area contributed by atoms with Crippen molar-refractivity contribution in [3.8, 4) is 6.07 Å². The van der Waals surface area contributed by atoms with Crippen LogP contribution in [0.25, 0.3) is 0 Å². The van der Waals surface area contributed by atoms with Crippen molar-refractivity contribution >= 4 is 0 Å². The van der Waals surface area contributed by atoms with Gasteiger partial charge in [-0.3, -0.25) is 0 Å². The van der Waals surface area contributed by atoms with E-state index in [4.69, 9.17) is 10.00 Å². The Kier molecular flexibility index (Phi) is 1.62. The summed E-state index contributed by atoms with van der Waals surface area (Å²) in [5, 5.41) is 18.5. The average molecular weight is 175 g/mol. The van der Waals surface area contributed by atoms with Crippen molar-refractivity contribution in [3.05, 3.63) is 35.4 Å². The van der Waals surface area contributed by atoms with E-state index >= 15 is 0 Å². The van der Waals surface area contributed by atoms with Gasteiger partial charge in [-0.25, -0.2) is 0 Å². The molecule has 66 valence electrons. The van der Waals surface area contributed by atoms with Crippen molar-refractivity contribution in [1.82, 2.24) is 0 Å². The Morgan fingerprint density at radius 2 is 2.23 bits per heavy atom. The van der Waals surface area contributed by atoms with Crippen LogP contribution in [-0.2, 0) is 10.5 Å². The summed E-state index contributed by atoms with van der Waals surface area (Å²) in [6, 6.07) is 9.20. The maximum atomic E-state index is 9.77. The lowest BCUT2D eigenvalue weighted by atomic mass is 10.0. The molecule has 0 radical (unpaired) electrons. The molecule has 0 saturated carbocycles. The molecule has 13 heavy (non-hydrogen) atoms. The highest BCUT2D eigenvalue weighted by Gasteiger charge is 2.39. The van der Waals surface area contributed by atoms with E-state index in [0.29, 0.717) is 5.56 Å². The summed E-state index contributed by atoms with van der Waals surface area (Å²) in [7, 11) is 0. The monoisotopic (exact) mass is 175 g/mol. The Morgan fingerprint density at radius 1 is 1.54 bits per heavy atom. The van der Waals surface area contributed by atoms with Crippen molar-refractivity contribution in [3.63, 3.8) is 0 Å². The van der Waals surface area contributed by atoms with Gasteiger partial charge in [0.05, 0.1) is 6.07 Å². The van der Waals surface area contributed by atoms with E-state index in [9.17, 15) is 5.11 Å². The Morgan fingerprint density at radius 3 is 2.92 bits per heavy atom. The molecule has 0 spiro atoms. The Hall–Kier alpha value is -1.37. The van der Waals surface area contributed by atoms with Gasteiger partial charge in [-0.05, 0) is 6.92 Å². The van der Waals surface area contributed by atoms with E-state index in [1.54, 1.807) is 19.1 Å². The van der Waals surface area contributed by atoms with Crippen molar-refractivity contribution in [2.24, 2.45) is 0 Å². The molecule has 2 rings (SSSR count). The largest absolute Gasteiger partial charge is 0.362 e. The van der Waals surface area contributed by atoms with Crippen LogP contribution in [0.4, 0.5) is 0 Å². The van der Waals surface area contributed by atoms with Gasteiger partial charge in [0, 0.05) is 11.1 Å². The fourth-order valence-electron chi connectivity index (χ4n) is 1.60. The number of rotatable bonds is 0. The Bertz CT molecular complexity index is 379. The lowest BCUT2D eigenvalue weighted by molar-refractivity contribution is -0.198. The van der Waals surface area contributed by atoms with E-state index in [2.05, 4.69) is 0 Å². The van der Waals surface area contributed by atoms with Crippen LogP contribution in [0.1, 0.15) is 24.2 Å². The predicted octanol–water partition coefficient (Wildman–Crippen LogP) is 1.45. The van der Waals surface area contributed by atoms with E-state index in [1.807, 2.05) is 18.2 Å². The third kappa shape index (κ3) is 1.12. The number of aliphatic hydroxyl groups is 1. The van der Waals surface area contributed by atoms with Crippen LogP contribution < -0.4 is 0 Å². The molecule has 0 fully saturated rings. The first-order valence-corrected chi connectivity index (χ1v) is 4.04. The van der Waals surface area contributed by atoms with Gasteiger partial charge < -0.3 is 9.84 Å². The van der Waals surface area contributed by atoms with Gasteiger partial charge >= 0.3 is 0 Å². The van der Waals surface area contributed by atoms with Gasteiger partial charge in [0.25, 0.3) is 0 Å². The summed E-state index contributed by atoms with van der Waals surface area (Å²) in [6.07, 6.45) is -0.647. The molecule has 0 saturated heterocycles. The second kappa shape index (κ2) is 2.56. The van der Waals surface area contributed by atoms with Gasteiger partial charge in [-0.2, -0.15) is 5.26 Å². The molecule has 1 aromatic rings. The molecule has 1 aliphatic heterocycles. The molecule has 2 atom stereocenters. The van der Waals surface area contributed by atoms with E-state index in [-0.39, 0.29) is 0 Å². The molecule has 3 nitrogen and oxygen atoms in total. The number of hydrogen-bond donors (Lipinski definition) is 1. The standard InChI is InChI=1S/C10H9NO2/c1-10(12)8-5-3-2-4-7(8)9(6-11)13-10/h2-5,9,12H,1H3/t9-,10-/m0/s1. The number of hydrogen-bond acceptors (Lipinski definition) is 3. The third-order valence-electron chi connectivity index (χ3n) is 2.21. The molecule has 1 N–H and O–H groups in total. The number of ether oxygens (including phenoxy) is 1. The molecule has 3 heteroatoms. The van der Waals surface area contributed by atoms with Crippen molar-refractivity contribution in [2.75, 3.05) is 0 Å². The molecule has 1 heterocycles. The zero-order valence-electron chi connectivity index (χ0n) is 7.19. The molecule has 0 amide bonds. The first-order valence-electron chi connectivity index (χ1n) is 4.04. The van der Waals surface area contributed by atoms with Crippen LogP contribution >= 0.6 is 0 Å². The van der Waals surface area contributed by atoms with Crippen LogP contribution in [0.2, 0.25) is 0 Å². The lowest BCUT2D eigenvalue weighted by Gasteiger charge is -2.16. The van der Waals surface area contributed by atoms with Crippen LogP contribution in [0.3, 0.4) is 0 Å². The first-order chi connectivity index (χ1) is 6.15. The average Bonchev–Trinajstić information content (AvgIpc) is 2.39. The molecule has 0 aromatic heterocycles. The lowest BCUT2D eigenvalue weighted by Crippen LogP contribution is -2.19. The molecule has 0 bridgehead atoms. The van der Waals surface area contributed by atoms with Crippen molar-refractivity contribution < 1.29 is 9.84 Å².